The molecule has 0 unspecified atom stereocenters. The minimum Gasteiger partial charge on any atom is -0.465 e. The first-order valence-corrected chi connectivity index (χ1v) is 9.84. The molecule has 5 heteroatoms. The second kappa shape index (κ2) is 10.0. The summed E-state index contributed by atoms with van der Waals surface area (Å²) in [6.07, 6.45) is 1.03. The van der Waals surface area contributed by atoms with Gasteiger partial charge in [-0.25, -0.2) is 4.79 Å². The molecule has 0 spiro atoms. The number of ether oxygens (including phenoxy) is 1. The van der Waals surface area contributed by atoms with Gasteiger partial charge in [0.05, 0.1) is 18.4 Å². The van der Waals surface area contributed by atoms with Crippen molar-refractivity contribution in [1.29, 1.82) is 0 Å². The molecule has 0 aliphatic heterocycles. The van der Waals surface area contributed by atoms with Gasteiger partial charge >= 0.3 is 5.97 Å². The fourth-order valence-corrected chi connectivity index (χ4v) is 3.39. The lowest BCUT2D eigenvalue weighted by Crippen LogP contribution is -2.16. The molecular weight excluding hydrogens is 346 g/mol. The van der Waals surface area contributed by atoms with E-state index in [1.54, 1.807) is 12.1 Å². The Morgan fingerprint density at radius 3 is 2.65 bits per heavy atom. The molecule has 2 aromatic rings. The third kappa shape index (κ3) is 5.63. The van der Waals surface area contributed by atoms with Gasteiger partial charge in [0.15, 0.2) is 0 Å². The highest BCUT2D eigenvalue weighted by Crippen LogP contribution is 2.26. The molecule has 138 valence electrons. The molecule has 4 nitrogen and oxygen atoms in total. The molecule has 0 aromatic heterocycles. The van der Waals surface area contributed by atoms with E-state index in [0.717, 1.165) is 17.7 Å². The van der Waals surface area contributed by atoms with Crippen LogP contribution in [-0.4, -0.2) is 24.7 Å². The normalized spacial score (nSPS) is 11.7. The molecule has 0 radical (unpaired) electrons. The number of esters is 1. The largest absolute Gasteiger partial charge is 0.465 e. The lowest BCUT2D eigenvalue weighted by molar-refractivity contribution is -0.113. The van der Waals surface area contributed by atoms with Crippen LogP contribution in [0.25, 0.3) is 0 Å². The predicted octanol–water partition coefficient (Wildman–Crippen LogP) is 4.86. The highest BCUT2D eigenvalue weighted by atomic mass is 32.2. The Balaban J connectivity index is 1.89. The predicted molar refractivity (Wildman–Crippen MR) is 108 cm³/mol. The molecule has 0 fully saturated rings. The lowest BCUT2D eigenvalue weighted by atomic mass is 9.97. The smallest absolute Gasteiger partial charge is 0.337 e. The Morgan fingerprint density at radius 2 is 1.92 bits per heavy atom. The summed E-state index contributed by atoms with van der Waals surface area (Å²) >= 11 is 1.52. The van der Waals surface area contributed by atoms with Gasteiger partial charge in [-0.3, -0.25) is 4.79 Å². The number of nitrogens with one attached hydrogen (secondary N) is 1. The van der Waals surface area contributed by atoms with Crippen LogP contribution in [0.3, 0.4) is 0 Å². The second-order valence-corrected chi connectivity index (χ2v) is 7.12. The number of carbonyl (C=O) groups excluding carboxylic acids is 2. The Kier molecular flexibility index (Phi) is 7.73. The van der Waals surface area contributed by atoms with Crippen molar-refractivity contribution >= 4 is 29.3 Å². The summed E-state index contributed by atoms with van der Waals surface area (Å²) in [5.41, 5.74) is 3.57. The molecule has 0 aliphatic rings. The lowest BCUT2D eigenvalue weighted by Gasteiger charge is -2.15. The second-order valence-electron chi connectivity index (χ2n) is 6.13. The summed E-state index contributed by atoms with van der Waals surface area (Å²) in [5, 5.41) is 3.02. The van der Waals surface area contributed by atoms with E-state index in [4.69, 9.17) is 4.74 Å². The summed E-state index contributed by atoms with van der Waals surface area (Å²) in [4.78, 5) is 23.9. The molecular formula is C21H25NO3S. The fraction of sp³-hybridized carbons (Fsp3) is 0.333. The van der Waals surface area contributed by atoms with Gasteiger partial charge in [0.1, 0.15) is 0 Å². The Hall–Kier alpha value is -2.27. The van der Waals surface area contributed by atoms with Crippen molar-refractivity contribution in [1.82, 2.24) is 0 Å². The molecule has 1 amide bonds. The molecule has 26 heavy (non-hydrogen) atoms. The van der Waals surface area contributed by atoms with Crippen molar-refractivity contribution in [2.24, 2.45) is 0 Å². The topological polar surface area (TPSA) is 55.4 Å². The van der Waals surface area contributed by atoms with Crippen LogP contribution in [0.2, 0.25) is 0 Å². The third-order valence-electron chi connectivity index (χ3n) is 4.23. The Morgan fingerprint density at radius 1 is 1.15 bits per heavy atom. The van der Waals surface area contributed by atoms with Gasteiger partial charge in [0.2, 0.25) is 5.91 Å². The van der Waals surface area contributed by atoms with Crippen molar-refractivity contribution in [3.05, 3.63) is 65.2 Å². The monoisotopic (exact) mass is 371 g/mol. The summed E-state index contributed by atoms with van der Waals surface area (Å²) in [7, 11) is 1.37. The molecule has 1 atom stereocenters. The van der Waals surface area contributed by atoms with Crippen LogP contribution in [0.1, 0.15) is 47.7 Å². The van der Waals surface area contributed by atoms with E-state index in [1.165, 1.54) is 24.4 Å². The van der Waals surface area contributed by atoms with E-state index < -0.39 is 0 Å². The Labute approximate surface area is 159 Å². The number of hydrogen-bond donors (Lipinski definition) is 1. The van der Waals surface area contributed by atoms with Crippen molar-refractivity contribution in [3.8, 4) is 0 Å². The number of amides is 1. The van der Waals surface area contributed by atoms with E-state index in [9.17, 15) is 9.59 Å². The molecule has 2 rings (SSSR count). The van der Waals surface area contributed by atoms with E-state index in [1.807, 2.05) is 30.3 Å². The van der Waals surface area contributed by atoms with Gasteiger partial charge in [0, 0.05) is 11.4 Å². The number of rotatable bonds is 8. The molecule has 0 aliphatic carbocycles. The van der Waals surface area contributed by atoms with Gasteiger partial charge in [-0.2, -0.15) is 0 Å². The first-order valence-electron chi connectivity index (χ1n) is 8.69. The van der Waals surface area contributed by atoms with Gasteiger partial charge in [-0.05, 0) is 41.7 Å². The average Bonchev–Trinajstić information content (AvgIpc) is 2.67. The maximum Gasteiger partial charge on any atom is 0.337 e. The van der Waals surface area contributed by atoms with E-state index in [0.29, 0.717) is 23.0 Å². The number of para-hydroxylation sites is 1. The highest BCUT2D eigenvalue weighted by Gasteiger charge is 2.11. The zero-order valence-corrected chi connectivity index (χ0v) is 16.3. The van der Waals surface area contributed by atoms with Crippen LogP contribution >= 0.6 is 11.8 Å². The number of benzene rings is 2. The van der Waals surface area contributed by atoms with Crippen LogP contribution in [0.4, 0.5) is 5.69 Å². The standard InChI is InChI=1S/C21H25NO3S/c1-4-15(2)18-10-5-6-11-19(18)22-20(23)14-26-13-16-8-7-9-17(12-16)21(24)25-3/h5-12,15H,4,13-14H2,1-3H3,(H,22,23)/t15-/m1/s1. The van der Waals surface area contributed by atoms with Gasteiger partial charge in [-0.15, -0.1) is 11.8 Å². The average molecular weight is 372 g/mol. The van der Waals surface area contributed by atoms with Crippen molar-refractivity contribution in [2.75, 3.05) is 18.2 Å². The summed E-state index contributed by atoms with van der Waals surface area (Å²) in [6, 6.07) is 15.2. The van der Waals surface area contributed by atoms with Crippen LogP contribution in [-0.2, 0) is 15.3 Å². The van der Waals surface area contributed by atoms with Crippen molar-refractivity contribution in [3.63, 3.8) is 0 Å². The zero-order chi connectivity index (χ0) is 18.9. The molecule has 0 saturated carbocycles. The quantitative estimate of drug-likeness (QED) is 0.673. The maximum absolute atomic E-state index is 12.3. The number of carbonyl (C=O) groups is 2. The minimum absolute atomic E-state index is 0.0186. The first kappa shape index (κ1) is 20.0. The van der Waals surface area contributed by atoms with Crippen molar-refractivity contribution in [2.45, 2.75) is 31.9 Å². The molecule has 1 N–H and O–H groups in total. The molecule has 2 aromatic carbocycles. The summed E-state index contributed by atoms with van der Waals surface area (Å²) in [6.45, 7) is 4.30. The van der Waals surface area contributed by atoms with E-state index in [2.05, 4.69) is 25.2 Å². The Bertz CT molecular complexity index is 760. The third-order valence-corrected chi connectivity index (χ3v) is 5.23. The van der Waals surface area contributed by atoms with Gasteiger partial charge < -0.3 is 10.1 Å². The SMILES string of the molecule is CC[C@@H](C)c1ccccc1NC(=O)CSCc1cccc(C(=O)OC)c1. The number of thioether (sulfide) groups is 1. The maximum atomic E-state index is 12.3. The van der Waals surface area contributed by atoms with Crippen LogP contribution in [0.5, 0.6) is 0 Å². The van der Waals surface area contributed by atoms with E-state index in [-0.39, 0.29) is 11.9 Å². The number of hydrogen-bond acceptors (Lipinski definition) is 4. The zero-order valence-electron chi connectivity index (χ0n) is 15.5. The number of methoxy groups -OCH3 is 1. The first-order chi connectivity index (χ1) is 12.5. The molecule has 0 saturated heterocycles. The molecule has 0 heterocycles. The summed E-state index contributed by atoms with van der Waals surface area (Å²) < 4.78 is 4.73. The number of anilines is 1. The van der Waals surface area contributed by atoms with Crippen molar-refractivity contribution < 1.29 is 14.3 Å². The van der Waals surface area contributed by atoms with Crippen LogP contribution in [0.15, 0.2) is 48.5 Å². The van der Waals surface area contributed by atoms with Crippen LogP contribution in [0, 0.1) is 0 Å². The summed E-state index contributed by atoms with van der Waals surface area (Å²) in [5.74, 6) is 1.05. The minimum atomic E-state index is -0.351. The van der Waals surface area contributed by atoms with Gasteiger partial charge in [0.25, 0.3) is 0 Å². The fourth-order valence-electron chi connectivity index (χ4n) is 2.61. The van der Waals surface area contributed by atoms with Gasteiger partial charge in [-0.1, -0.05) is 44.2 Å². The highest BCUT2D eigenvalue weighted by molar-refractivity contribution is 7.99. The van der Waals surface area contributed by atoms with Crippen LogP contribution < -0.4 is 5.32 Å². The van der Waals surface area contributed by atoms with E-state index >= 15 is 0 Å². The molecule has 0 bridgehead atoms.